The van der Waals surface area contributed by atoms with Crippen LogP contribution in [0.15, 0.2) is 206 Å². The number of ketones is 1. The van der Waals surface area contributed by atoms with Gasteiger partial charge in [0, 0.05) is 49.5 Å². The Morgan fingerprint density at radius 1 is 0.345 bits per heavy atom. The maximum absolute atomic E-state index is 13.3. The Kier molecular flexibility index (Phi) is 7.90. The lowest BCUT2D eigenvalue weighted by molar-refractivity contribution is 0.103. The van der Waals surface area contributed by atoms with Crippen molar-refractivity contribution in [1.29, 1.82) is 0 Å². The van der Waals surface area contributed by atoms with Gasteiger partial charge in [-0.2, -0.15) is 0 Å². The third kappa shape index (κ3) is 5.60. The van der Waals surface area contributed by atoms with E-state index in [0.717, 1.165) is 61.1 Å². The standard InChI is InChI=1S/C53H34N4O/c58-52(37-16-6-2-7-17-37)38-26-24-36(25-27-38)47-34-46(35-14-4-1-5-15-35)54-53(55-47)57-49-23-13-10-20-42(49)44-30-28-40(33-51(44)57)39-29-31-50-45(32-39)43-21-11-12-22-48(43)56(50)41-18-8-3-9-19-41/h1-34H. The number of fused-ring (bicyclic) bond motifs is 6. The molecule has 8 aromatic carbocycles. The monoisotopic (exact) mass is 742 g/mol. The summed E-state index contributed by atoms with van der Waals surface area (Å²) in [6.07, 6.45) is 0. The SMILES string of the molecule is O=C(c1ccccc1)c1ccc(-c2cc(-c3ccccc3)nc(-n3c4ccccc4c4ccc(-c5ccc6c(c5)c5ccccc5n6-c5ccccc5)cc43)n2)cc1. The zero-order valence-electron chi connectivity index (χ0n) is 31.3. The molecule has 0 N–H and O–H groups in total. The van der Waals surface area contributed by atoms with E-state index in [2.05, 4.69) is 137 Å². The fraction of sp³-hybridized carbons (Fsp3) is 0. The average Bonchev–Trinajstić information content (AvgIpc) is 3.82. The van der Waals surface area contributed by atoms with Gasteiger partial charge in [0.25, 0.3) is 0 Å². The molecule has 0 aliphatic carbocycles. The van der Waals surface area contributed by atoms with Crippen LogP contribution in [0.2, 0.25) is 0 Å². The first kappa shape index (κ1) is 33.4. The van der Waals surface area contributed by atoms with Gasteiger partial charge in [-0.1, -0.05) is 158 Å². The zero-order chi connectivity index (χ0) is 38.6. The van der Waals surface area contributed by atoms with E-state index >= 15 is 0 Å². The van der Waals surface area contributed by atoms with Crippen LogP contribution >= 0.6 is 0 Å². The van der Waals surface area contributed by atoms with Crippen molar-refractivity contribution in [3.63, 3.8) is 0 Å². The van der Waals surface area contributed by atoms with Crippen LogP contribution in [0.3, 0.4) is 0 Å². The zero-order valence-corrected chi connectivity index (χ0v) is 31.3. The van der Waals surface area contributed by atoms with Crippen LogP contribution in [0.25, 0.3) is 88.9 Å². The van der Waals surface area contributed by atoms with E-state index in [4.69, 9.17) is 9.97 Å². The van der Waals surface area contributed by atoms with E-state index in [1.807, 2.05) is 78.9 Å². The third-order valence-electron chi connectivity index (χ3n) is 11.2. The molecule has 0 saturated heterocycles. The number of aromatic nitrogens is 4. The van der Waals surface area contributed by atoms with Gasteiger partial charge in [-0.15, -0.1) is 0 Å². The van der Waals surface area contributed by atoms with E-state index in [9.17, 15) is 4.79 Å². The maximum atomic E-state index is 13.3. The Balaban J connectivity index is 1.08. The molecule has 5 heteroatoms. The smallest absolute Gasteiger partial charge is 0.235 e. The first-order valence-corrected chi connectivity index (χ1v) is 19.5. The van der Waals surface area contributed by atoms with Gasteiger partial charge in [0.2, 0.25) is 5.95 Å². The lowest BCUT2D eigenvalue weighted by Crippen LogP contribution is -2.04. The molecule has 0 spiro atoms. The molecule has 0 aliphatic rings. The molecule has 0 saturated carbocycles. The molecule has 0 fully saturated rings. The third-order valence-corrected chi connectivity index (χ3v) is 11.2. The number of hydrogen-bond donors (Lipinski definition) is 0. The predicted octanol–water partition coefficient (Wildman–Crippen LogP) is 12.9. The number of hydrogen-bond acceptors (Lipinski definition) is 3. The number of para-hydroxylation sites is 3. The van der Waals surface area contributed by atoms with Gasteiger partial charge >= 0.3 is 0 Å². The van der Waals surface area contributed by atoms with E-state index in [1.54, 1.807) is 0 Å². The Hall–Kier alpha value is -7.89. The van der Waals surface area contributed by atoms with Crippen molar-refractivity contribution in [2.45, 2.75) is 0 Å². The lowest BCUT2D eigenvalue weighted by Gasteiger charge is -2.12. The second-order valence-electron chi connectivity index (χ2n) is 14.6. The number of rotatable bonds is 7. The largest absolute Gasteiger partial charge is 0.309 e. The highest BCUT2D eigenvalue weighted by atomic mass is 16.1. The maximum Gasteiger partial charge on any atom is 0.235 e. The van der Waals surface area contributed by atoms with Gasteiger partial charge in [-0.25, -0.2) is 9.97 Å². The van der Waals surface area contributed by atoms with Crippen LogP contribution in [-0.2, 0) is 0 Å². The molecule has 0 bridgehead atoms. The molecule has 0 amide bonds. The highest BCUT2D eigenvalue weighted by Gasteiger charge is 2.19. The first-order valence-electron chi connectivity index (χ1n) is 19.5. The van der Waals surface area contributed by atoms with Gasteiger partial charge < -0.3 is 4.57 Å². The van der Waals surface area contributed by atoms with Crippen LogP contribution in [0.4, 0.5) is 0 Å². The Labute approximate surface area is 334 Å². The number of nitrogens with zero attached hydrogens (tertiary/aromatic N) is 4. The summed E-state index contributed by atoms with van der Waals surface area (Å²) in [7, 11) is 0. The molecule has 58 heavy (non-hydrogen) atoms. The minimum absolute atomic E-state index is 0.0114. The minimum Gasteiger partial charge on any atom is -0.309 e. The number of benzene rings is 8. The molecule has 272 valence electrons. The second-order valence-corrected chi connectivity index (χ2v) is 14.6. The summed E-state index contributed by atoms with van der Waals surface area (Å²) in [5, 5.41) is 4.68. The van der Waals surface area contributed by atoms with Crippen LogP contribution in [0, 0.1) is 0 Å². The predicted molar refractivity (Wildman–Crippen MR) is 237 cm³/mol. The summed E-state index contributed by atoms with van der Waals surface area (Å²) in [6, 6.07) is 70.5. The quantitative estimate of drug-likeness (QED) is 0.153. The van der Waals surface area contributed by atoms with E-state index < -0.39 is 0 Å². The van der Waals surface area contributed by atoms with Crippen molar-refractivity contribution in [2.24, 2.45) is 0 Å². The Morgan fingerprint density at radius 3 is 1.53 bits per heavy atom. The van der Waals surface area contributed by atoms with Crippen molar-refractivity contribution in [1.82, 2.24) is 19.1 Å². The summed E-state index contributed by atoms with van der Waals surface area (Å²) in [5.41, 5.74) is 12.5. The summed E-state index contributed by atoms with van der Waals surface area (Å²) in [6.45, 7) is 0. The molecular weight excluding hydrogens is 709 g/mol. The van der Waals surface area contributed by atoms with Crippen molar-refractivity contribution in [3.05, 3.63) is 217 Å². The average molecular weight is 743 g/mol. The van der Waals surface area contributed by atoms with Crippen molar-refractivity contribution in [3.8, 4) is 45.3 Å². The van der Waals surface area contributed by atoms with E-state index in [0.29, 0.717) is 17.1 Å². The fourth-order valence-corrected chi connectivity index (χ4v) is 8.36. The van der Waals surface area contributed by atoms with Gasteiger partial charge in [-0.3, -0.25) is 9.36 Å². The highest BCUT2D eigenvalue weighted by Crippen LogP contribution is 2.38. The molecule has 3 aromatic heterocycles. The van der Waals surface area contributed by atoms with Crippen LogP contribution in [0.5, 0.6) is 0 Å². The van der Waals surface area contributed by atoms with E-state index in [1.165, 1.54) is 21.8 Å². The van der Waals surface area contributed by atoms with Crippen molar-refractivity contribution in [2.75, 3.05) is 0 Å². The topological polar surface area (TPSA) is 52.7 Å². The molecule has 11 aromatic rings. The van der Waals surface area contributed by atoms with Crippen molar-refractivity contribution >= 4 is 49.4 Å². The summed E-state index contributed by atoms with van der Waals surface area (Å²) < 4.78 is 4.54. The Morgan fingerprint density at radius 2 is 0.828 bits per heavy atom. The van der Waals surface area contributed by atoms with Crippen molar-refractivity contribution < 1.29 is 4.79 Å². The fourth-order valence-electron chi connectivity index (χ4n) is 8.36. The highest BCUT2D eigenvalue weighted by molar-refractivity contribution is 6.12. The normalized spacial score (nSPS) is 11.5. The molecular formula is C53H34N4O. The molecule has 0 aliphatic heterocycles. The first-order chi connectivity index (χ1) is 28.7. The minimum atomic E-state index is -0.0114. The molecule has 0 unspecified atom stereocenters. The Bertz CT molecular complexity index is 3330. The molecule has 11 rings (SSSR count). The number of carbonyl (C=O) groups is 1. The van der Waals surface area contributed by atoms with Gasteiger partial charge in [-0.05, 0) is 59.7 Å². The van der Waals surface area contributed by atoms with E-state index in [-0.39, 0.29) is 5.78 Å². The van der Waals surface area contributed by atoms with Crippen LogP contribution in [0.1, 0.15) is 15.9 Å². The van der Waals surface area contributed by atoms with Gasteiger partial charge in [0.15, 0.2) is 5.78 Å². The molecule has 0 atom stereocenters. The van der Waals surface area contributed by atoms with Crippen LogP contribution < -0.4 is 0 Å². The summed E-state index contributed by atoms with van der Waals surface area (Å²) >= 11 is 0. The molecule has 0 radical (unpaired) electrons. The molecule has 3 heterocycles. The molecule has 5 nitrogen and oxygen atoms in total. The van der Waals surface area contributed by atoms with Gasteiger partial charge in [0.05, 0.1) is 33.5 Å². The second kappa shape index (κ2) is 13.7. The summed E-state index contributed by atoms with van der Waals surface area (Å²) in [5.74, 6) is 0.563. The summed E-state index contributed by atoms with van der Waals surface area (Å²) in [4.78, 5) is 23.8. The number of carbonyl (C=O) groups excluding carboxylic acids is 1. The lowest BCUT2D eigenvalue weighted by atomic mass is 10.0. The van der Waals surface area contributed by atoms with Crippen LogP contribution in [-0.4, -0.2) is 24.9 Å². The van der Waals surface area contributed by atoms with Gasteiger partial charge in [0.1, 0.15) is 0 Å².